The molecule has 0 fully saturated rings. The second kappa shape index (κ2) is 7.07. The standard InChI is InChI=1S/C15H12BrClFNO3/c1-2-22-15(21)11-7-12(17)13(8-16)19(14(11)20)10-5-3-9(18)4-6-10/h3-7H,2,8H2,1H3. The lowest BCUT2D eigenvalue weighted by Crippen LogP contribution is -2.28. The molecule has 1 heterocycles. The van der Waals surface area contributed by atoms with E-state index in [-0.39, 0.29) is 17.2 Å². The molecule has 0 atom stereocenters. The molecule has 0 aliphatic rings. The van der Waals surface area contributed by atoms with E-state index in [1.165, 1.54) is 34.9 Å². The largest absolute Gasteiger partial charge is 0.462 e. The zero-order chi connectivity index (χ0) is 16.3. The lowest BCUT2D eigenvalue weighted by Gasteiger charge is -2.14. The molecule has 0 saturated carbocycles. The van der Waals surface area contributed by atoms with Crippen molar-refractivity contribution in [3.63, 3.8) is 0 Å². The molecular formula is C15H12BrClFNO3. The van der Waals surface area contributed by atoms with Crippen LogP contribution in [0.4, 0.5) is 4.39 Å². The zero-order valence-electron chi connectivity index (χ0n) is 11.6. The lowest BCUT2D eigenvalue weighted by atomic mass is 10.2. The third-order valence-corrected chi connectivity index (χ3v) is 3.82. The van der Waals surface area contributed by atoms with Gasteiger partial charge < -0.3 is 4.74 Å². The molecule has 0 aliphatic heterocycles. The second-order valence-electron chi connectivity index (χ2n) is 4.32. The van der Waals surface area contributed by atoms with E-state index in [0.29, 0.717) is 16.7 Å². The van der Waals surface area contributed by atoms with Crippen molar-refractivity contribution in [2.75, 3.05) is 6.61 Å². The summed E-state index contributed by atoms with van der Waals surface area (Å²) in [7, 11) is 0. The summed E-state index contributed by atoms with van der Waals surface area (Å²) < 4.78 is 19.2. The van der Waals surface area contributed by atoms with Crippen LogP contribution in [0, 0.1) is 5.82 Å². The molecule has 7 heteroatoms. The minimum atomic E-state index is -0.744. The monoisotopic (exact) mass is 387 g/mol. The summed E-state index contributed by atoms with van der Waals surface area (Å²) in [4.78, 5) is 24.5. The van der Waals surface area contributed by atoms with E-state index in [9.17, 15) is 14.0 Å². The number of hydrogen-bond donors (Lipinski definition) is 0. The van der Waals surface area contributed by atoms with Crippen molar-refractivity contribution in [2.45, 2.75) is 12.3 Å². The molecule has 22 heavy (non-hydrogen) atoms. The van der Waals surface area contributed by atoms with Crippen molar-refractivity contribution in [3.05, 3.63) is 62.8 Å². The van der Waals surface area contributed by atoms with E-state index < -0.39 is 17.3 Å². The minimum absolute atomic E-state index is 0.145. The van der Waals surface area contributed by atoms with Crippen molar-refractivity contribution in [1.82, 2.24) is 4.57 Å². The molecular weight excluding hydrogens is 377 g/mol. The number of halogens is 3. The molecule has 0 N–H and O–H groups in total. The highest BCUT2D eigenvalue weighted by Crippen LogP contribution is 2.22. The average Bonchev–Trinajstić information content (AvgIpc) is 2.50. The molecule has 4 nitrogen and oxygen atoms in total. The number of pyridine rings is 1. The Labute approximate surface area is 139 Å². The molecule has 2 rings (SSSR count). The smallest absolute Gasteiger partial charge is 0.343 e. The van der Waals surface area contributed by atoms with Gasteiger partial charge in [-0.25, -0.2) is 9.18 Å². The molecule has 0 unspecified atom stereocenters. The molecule has 2 aromatic rings. The summed E-state index contributed by atoms with van der Waals surface area (Å²) in [6.07, 6.45) is 0. The molecule has 1 aromatic carbocycles. The van der Waals surface area contributed by atoms with Gasteiger partial charge in [-0.3, -0.25) is 9.36 Å². The maximum Gasteiger partial charge on any atom is 0.343 e. The summed E-state index contributed by atoms with van der Waals surface area (Å²) >= 11 is 9.42. The normalized spacial score (nSPS) is 10.5. The number of alkyl halides is 1. The van der Waals surface area contributed by atoms with Gasteiger partial charge in [-0.1, -0.05) is 27.5 Å². The van der Waals surface area contributed by atoms with Crippen LogP contribution in [0.15, 0.2) is 35.1 Å². The van der Waals surface area contributed by atoms with Gasteiger partial charge in [0.1, 0.15) is 11.4 Å². The first-order valence-electron chi connectivity index (χ1n) is 6.43. The van der Waals surface area contributed by atoms with E-state index in [1.807, 2.05) is 0 Å². The Bertz CT molecular complexity index is 759. The molecule has 0 aliphatic carbocycles. The number of hydrogen-bond acceptors (Lipinski definition) is 3. The molecule has 116 valence electrons. The van der Waals surface area contributed by atoms with Crippen LogP contribution in [0.25, 0.3) is 5.69 Å². The Hall–Kier alpha value is -1.66. The second-order valence-corrected chi connectivity index (χ2v) is 5.29. The fourth-order valence-corrected chi connectivity index (χ4v) is 2.94. The Kier molecular flexibility index (Phi) is 5.37. The number of aromatic nitrogens is 1. The first kappa shape index (κ1) is 16.7. The van der Waals surface area contributed by atoms with Crippen molar-refractivity contribution < 1.29 is 13.9 Å². The van der Waals surface area contributed by atoms with Gasteiger partial charge in [0.2, 0.25) is 0 Å². The summed E-state index contributed by atoms with van der Waals surface area (Å²) in [6.45, 7) is 1.79. The summed E-state index contributed by atoms with van der Waals surface area (Å²) in [5.41, 5.74) is 0.144. The number of nitrogens with zero attached hydrogens (tertiary/aromatic N) is 1. The van der Waals surface area contributed by atoms with Gasteiger partial charge in [-0.15, -0.1) is 0 Å². The predicted molar refractivity (Wildman–Crippen MR) is 85.6 cm³/mol. The first-order valence-corrected chi connectivity index (χ1v) is 7.93. The SMILES string of the molecule is CCOC(=O)c1cc(Cl)c(CBr)n(-c2ccc(F)cc2)c1=O. The summed E-state index contributed by atoms with van der Waals surface area (Å²) in [6, 6.07) is 6.62. The van der Waals surface area contributed by atoms with Crippen LogP contribution in [-0.4, -0.2) is 17.1 Å². The zero-order valence-corrected chi connectivity index (χ0v) is 13.9. The molecule has 0 spiro atoms. The molecule has 1 aromatic heterocycles. The highest BCUT2D eigenvalue weighted by Gasteiger charge is 2.20. The van der Waals surface area contributed by atoms with Gasteiger partial charge >= 0.3 is 5.97 Å². The lowest BCUT2D eigenvalue weighted by molar-refractivity contribution is 0.0524. The Morgan fingerprint density at radius 3 is 2.55 bits per heavy atom. The number of benzene rings is 1. The van der Waals surface area contributed by atoms with Crippen LogP contribution in [0.3, 0.4) is 0 Å². The van der Waals surface area contributed by atoms with Gasteiger partial charge in [-0.05, 0) is 37.3 Å². The maximum absolute atomic E-state index is 13.1. The van der Waals surface area contributed by atoms with E-state index >= 15 is 0 Å². The molecule has 0 bridgehead atoms. The topological polar surface area (TPSA) is 48.3 Å². The third kappa shape index (κ3) is 3.23. The van der Waals surface area contributed by atoms with E-state index in [1.54, 1.807) is 6.92 Å². The van der Waals surface area contributed by atoms with Gasteiger partial charge in [0.15, 0.2) is 0 Å². The number of rotatable bonds is 4. The van der Waals surface area contributed by atoms with Crippen molar-refractivity contribution in [1.29, 1.82) is 0 Å². The van der Waals surface area contributed by atoms with Crippen molar-refractivity contribution in [3.8, 4) is 5.69 Å². The Morgan fingerprint density at radius 1 is 1.36 bits per heavy atom. The fraction of sp³-hybridized carbons (Fsp3) is 0.200. The van der Waals surface area contributed by atoms with E-state index in [4.69, 9.17) is 16.3 Å². The van der Waals surface area contributed by atoms with Crippen LogP contribution < -0.4 is 5.56 Å². The summed E-state index contributed by atoms with van der Waals surface area (Å²) in [5.74, 6) is -1.17. The molecule has 0 radical (unpaired) electrons. The fourth-order valence-electron chi connectivity index (χ4n) is 1.96. The van der Waals surface area contributed by atoms with Crippen molar-refractivity contribution >= 4 is 33.5 Å². The quantitative estimate of drug-likeness (QED) is 0.593. The average molecular weight is 389 g/mol. The highest BCUT2D eigenvalue weighted by molar-refractivity contribution is 9.08. The predicted octanol–water partition coefficient (Wildman–Crippen LogP) is 3.70. The number of carbonyl (C=O) groups excluding carboxylic acids is 1. The highest BCUT2D eigenvalue weighted by atomic mass is 79.9. The van der Waals surface area contributed by atoms with Crippen LogP contribution in [-0.2, 0) is 10.1 Å². The number of esters is 1. The first-order chi connectivity index (χ1) is 10.5. The Morgan fingerprint density at radius 2 is 2.00 bits per heavy atom. The van der Waals surface area contributed by atoms with Gasteiger partial charge in [0.25, 0.3) is 5.56 Å². The number of ether oxygens (including phenoxy) is 1. The van der Waals surface area contributed by atoms with Gasteiger partial charge in [0, 0.05) is 11.0 Å². The Balaban J connectivity index is 2.72. The van der Waals surface area contributed by atoms with Crippen molar-refractivity contribution in [2.24, 2.45) is 0 Å². The molecule has 0 amide bonds. The maximum atomic E-state index is 13.1. The van der Waals surface area contributed by atoms with Gasteiger partial charge in [-0.2, -0.15) is 0 Å². The van der Waals surface area contributed by atoms with Crippen LogP contribution in [0.2, 0.25) is 5.02 Å². The number of carbonyl (C=O) groups is 1. The minimum Gasteiger partial charge on any atom is -0.462 e. The van der Waals surface area contributed by atoms with Crippen LogP contribution in [0.5, 0.6) is 0 Å². The summed E-state index contributed by atoms with van der Waals surface area (Å²) in [5, 5.41) is 0.533. The van der Waals surface area contributed by atoms with E-state index in [2.05, 4.69) is 15.9 Å². The third-order valence-electron chi connectivity index (χ3n) is 2.96. The van der Waals surface area contributed by atoms with Crippen LogP contribution >= 0.6 is 27.5 Å². The molecule has 0 saturated heterocycles. The van der Waals surface area contributed by atoms with Crippen LogP contribution in [0.1, 0.15) is 23.0 Å². The van der Waals surface area contributed by atoms with Gasteiger partial charge in [0.05, 0.1) is 17.3 Å². The van der Waals surface area contributed by atoms with E-state index in [0.717, 1.165) is 0 Å².